The number of aliphatic hydroxyl groups is 1. The zero-order valence-corrected chi connectivity index (χ0v) is 23.2. The molecule has 9 nitrogen and oxygen atoms in total. The maximum Gasteiger partial charge on any atom is 0.325 e. The molecule has 9 heteroatoms. The topological polar surface area (TPSA) is 109 Å². The third kappa shape index (κ3) is 8.38. The molecule has 0 unspecified atom stereocenters. The molecule has 3 N–H and O–H groups in total. The summed E-state index contributed by atoms with van der Waals surface area (Å²) < 4.78 is 17.8. The van der Waals surface area contributed by atoms with Crippen LogP contribution in [0.25, 0.3) is 0 Å². The fourth-order valence-electron chi connectivity index (χ4n) is 5.37. The number of nitrogens with one attached hydrogen (secondary N) is 2. The molecule has 0 radical (unpaired) electrons. The van der Waals surface area contributed by atoms with Gasteiger partial charge in [-0.25, -0.2) is 4.79 Å². The van der Waals surface area contributed by atoms with Gasteiger partial charge in [0.2, 0.25) is 0 Å². The summed E-state index contributed by atoms with van der Waals surface area (Å²) in [5.41, 5.74) is 3.32. The number of carbonyl (C=O) groups excluding carboxylic acids is 2. The Morgan fingerprint density at radius 1 is 1.07 bits per heavy atom. The van der Waals surface area contributed by atoms with Crippen LogP contribution in [-0.2, 0) is 25.6 Å². The Labute approximate surface area is 236 Å². The lowest BCUT2D eigenvalue weighted by molar-refractivity contribution is -0.253. The van der Waals surface area contributed by atoms with Gasteiger partial charge in [0.05, 0.1) is 25.4 Å². The van der Waals surface area contributed by atoms with Gasteiger partial charge in [-0.1, -0.05) is 55.3 Å². The second-order valence-electron chi connectivity index (χ2n) is 10.3. The van der Waals surface area contributed by atoms with Gasteiger partial charge < -0.3 is 30.0 Å². The number of hydrogen-bond donors (Lipinski definition) is 3. The molecule has 1 saturated carbocycles. The first-order chi connectivity index (χ1) is 19.5. The second-order valence-corrected chi connectivity index (χ2v) is 10.3. The largest absolute Gasteiger partial charge is 0.465 e. The lowest BCUT2D eigenvalue weighted by Crippen LogP contribution is -2.43. The highest BCUT2D eigenvalue weighted by Gasteiger charge is 2.34. The van der Waals surface area contributed by atoms with E-state index < -0.39 is 18.3 Å². The van der Waals surface area contributed by atoms with E-state index in [-0.39, 0.29) is 32.0 Å². The Kier molecular flexibility index (Phi) is 11.1. The van der Waals surface area contributed by atoms with Crippen molar-refractivity contribution in [3.05, 3.63) is 77.9 Å². The van der Waals surface area contributed by atoms with Gasteiger partial charge in [0, 0.05) is 36.8 Å². The number of benzene rings is 2. The zero-order chi connectivity index (χ0) is 28.3. The predicted octanol–water partition coefficient (Wildman–Crippen LogP) is 4.84. The number of esters is 1. The van der Waals surface area contributed by atoms with Crippen LogP contribution < -0.4 is 10.6 Å². The first-order valence-electron chi connectivity index (χ1n) is 14.1. The molecule has 2 aromatic rings. The maximum atomic E-state index is 12.2. The number of rotatable bonds is 12. The minimum absolute atomic E-state index is 0.000695. The minimum atomic E-state index is -0.581. The van der Waals surface area contributed by atoms with Gasteiger partial charge in [-0.2, -0.15) is 0 Å². The van der Waals surface area contributed by atoms with E-state index in [1.807, 2.05) is 42.5 Å². The highest BCUT2D eigenvalue weighted by Crippen LogP contribution is 2.39. The van der Waals surface area contributed by atoms with Crippen LogP contribution in [-0.4, -0.2) is 60.4 Å². The molecule has 1 saturated heterocycles. The van der Waals surface area contributed by atoms with Gasteiger partial charge in [0.15, 0.2) is 6.29 Å². The molecule has 1 heterocycles. The maximum absolute atomic E-state index is 12.2. The SMILES string of the molecule is C=CCN(C[C@H]1C[C@@H](c2ccc(CO)cc2)O[C@@H](c2ccc(NC(=O)NCC(=O)OCC)cc2)O1)C1CCCC1. The van der Waals surface area contributed by atoms with Crippen molar-refractivity contribution in [2.75, 3.05) is 31.6 Å². The predicted molar refractivity (Wildman–Crippen MR) is 153 cm³/mol. The van der Waals surface area contributed by atoms with Crippen molar-refractivity contribution in [1.82, 2.24) is 10.2 Å². The average molecular weight is 552 g/mol. The van der Waals surface area contributed by atoms with E-state index in [0.717, 1.165) is 36.2 Å². The van der Waals surface area contributed by atoms with Crippen LogP contribution in [0.2, 0.25) is 0 Å². The highest BCUT2D eigenvalue weighted by molar-refractivity contribution is 5.91. The van der Waals surface area contributed by atoms with E-state index in [9.17, 15) is 14.7 Å². The van der Waals surface area contributed by atoms with Gasteiger partial charge in [0.25, 0.3) is 0 Å². The third-order valence-electron chi connectivity index (χ3n) is 7.40. The Hall–Kier alpha value is -3.24. The van der Waals surface area contributed by atoms with Crippen molar-refractivity contribution in [2.45, 2.75) is 70.2 Å². The summed E-state index contributed by atoms with van der Waals surface area (Å²) in [7, 11) is 0. The molecular formula is C31H41N3O6. The number of hydrogen-bond acceptors (Lipinski definition) is 7. The molecule has 0 bridgehead atoms. The van der Waals surface area contributed by atoms with E-state index in [1.54, 1.807) is 19.1 Å². The Balaban J connectivity index is 1.46. The molecule has 2 amide bonds. The average Bonchev–Trinajstić information content (AvgIpc) is 3.52. The molecule has 3 atom stereocenters. The van der Waals surface area contributed by atoms with Gasteiger partial charge >= 0.3 is 12.0 Å². The lowest BCUT2D eigenvalue weighted by atomic mass is 9.99. The van der Waals surface area contributed by atoms with Crippen molar-refractivity contribution in [3.8, 4) is 0 Å². The second kappa shape index (κ2) is 14.9. The number of nitrogens with zero attached hydrogens (tertiary/aromatic N) is 1. The van der Waals surface area contributed by atoms with Crippen molar-refractivity contribution < 1.29 is 28.9 Å². The molecule has 40 heavy (non-hydrogen) atoms. The quantitative estimate of drug-likeness (QED) is 0.256. The first-order valence-corrected chi connectivity index (χ1v) is 14.1. The smallest absolute Gasteiger partial charge is 0.325 e. The normalized spacial score (nSPS) is 21.2. The molecule has 1 aliphatic carbocycles. The Morgan fingerprint density at radius 3 is 2.42 bits per heavy atom. The van der Waals surface area contributed by atoms with Crippen LogP contribution in [0.5, 0.6) is 0 Å². The zero-order valence-electron chi connectivity index (χ0n) is 23.2. The van der Waals surface area contributed by atoms with Gasteiger partial charge in [-0.15, -0.1) is 6.58 Å². The molecule has 2 aromatic carbocycles. The van der Waals surface area contributed by atoms with Crippen molar-refractivity contribution in [2.24, 2.45) is 0 Å². The highest BCUT2D eigenvalue weighted by atomic mass is 16.7. The van der Waals surface area contributed by atoms with Crippen molar-refractivity contribution in [1.29, 1.82) is 0 Å². The lowest BCUT2D eigenvalue weighted by Gasteiger charge is -2.39. The van der Waals surface area contributed by atoms with E-state index >= 15 is 0 Å². The molecule has 2 fully saturated rings. The number of carbonyl (C=O) groups is 2. The first kappa shape index (κ1) is 29.7. The van der Waals surface area contributed by atoms with E-state index in [1.165, 1.54) is 25.7 Å². The van der Waals surface area contributed by atoms with Crippen LogP contribution in [0, 0.1) is 0 Å². The number of urea groups is 1. The van der Waals surface area contributed by atoms with Crippen LogP contribution >= 0.6 is 0 Å². The van der Waals surface area contributed by atoms with E-state index in [4.69, 9.17) is 14.2 Å². The summed E-state index contributed by atoms with van der Waals surface area (Å²) in [6, 6.07) is 15.2. The molecule has 216 valence electrons. The molecule has 4 rings (SSSR count). The standard InChI is InChI=1S/C31H41N3O6/c1-3-17-34(26-7-5-6-8-26)20-27-18-28(23-11-9-22(21-35)10-12-23)40-30(39-27)24-13-15-25(16-14-24)33-31(37)32-19-29(36)38-4-2/h3,9-16,26-28,30,35H,1,4-8,17-21H2,2H3,(H2,32,33,37)/t27-,28+,30+/m1/s1. The van der Waals surface area contributed by atoms with Gasteiger partial charge in [0.1, 0.15) is 6.54 Å². The van der Waals surface area contributed by atoms with Gasteiger partial charge in [-0.3, -0.25) is 9.69 Å². The number of amides is 2. The van der Waals surface area contributed by atoms with Crippen LogP contribution in [0.3, 0.4) is 0 Å². The van der Waals surface area contributed by atoms with Crippen molar-refractivity contribution in [3.63, 3.8) is 0 Å². The Morgan fingerprint density at radius 2 is 1.77 bits per heavy atom. The third-order valence-corrected chi connectivity index (χ3v) is 7.40. The van der Waals surface area contributed by atoms with Crippen molar-refractivity contribution >= 4 is 17.7 Å². The van der Waals surface area contributed by atoms with Crippen LogP contribution in [0.15, 0.2) is 61.2 Å². The molecular weight excluding hydrogens is 510 g/mol. The van der Waals surface area contributed by atoms with Crippen LogP contribution in [0.4, 0.5) is 10.5 Å². The van der Waals surface area contributed by atoms with E-state index in [0.29, 0.717) is 11.7 Å². The minimum Gasteiger partial charge on any atom is -0.465 e. The summed E-state index contributed by atoms with van der Waals surface area (Å²) in [6.45, 7) is 7.37. The summed E-state index contributed by atoms with van der Waals surface area (Å²) >= 11 is 0. The molecule has 0 aromatic heterocycles. The Bertz CT molecular complexity index is 1100. The summed E-state index contributed by atoms with van der Waals surface area (Å²) in [4.78, 5) is 26.1. The monoisotopic (exact) mass is 551 g/mol. The van der Waals surface area contributed by atoms with Gasteiger partial charge in [-0.05, 0) is 43.0 Å². The van der Waals surface area contributed by atoms with Crippen LogP contribution in [0.1, 0.15) is 68.1 Å². The molecule has 2 aliphatic rings. The molecule has 1 aliphatic heterocycles. The number of ether oxygens (including phenoxy) is 3. The number of aliphatic hydroxyl groups excluding tert-OH is 1. The fourth-order valence-corrected chi connectivity index (χ4v) is 5.37. The summed E-state index contributed by atoms with van der Waals surface area (Å²) in [5.74, 6) is -0.491. The summed E-state index contributed by atoms with van der Waals surface area (Å²) in [6.07, 6.45) is 6.81. The summed E-state index contributed by atoms with van der Waals surface area (Å²) in [5, 5.41) is 14.7. The number of anilines is 1. The fraction of sp³-hybridized carbons (Fsp3) is 0.484. The van der Waals surface area contributed by atoms with E-state index in [2.05, 4.69) is 22.1 Å². The molecule has 0 spiro atoms.